The molecule has 0 bridgehead atoms. The molecule has 0 aromatic heterocycles. The number of hydroxylamine groups is 1. The van der Waals surface area contributed by atoms with Crippen LogP contribution in [0.2, 0.25) is 5.02 Å². The van der Waals surface area contributed by atoms with Crippen molar-refractivity contribution in [2.75, 3.05) is 0 Å². The molecular formula is C23H32ClN3O5. The Morgan fingerprint density at radius 3 is 2.03 bits per heavy atom. The van der Waals surface area contributed by atoms with Gasteiger partial charge < -0.3 is 15.7 Å². The van der Waals surface area contributed by atoms with Crippen LogP contribution in [0.5, 0.6) is 0 Å². The van der Waals surface area contributed by atoms with Gasteiger partial charge in [-0.3, -0.25) is 19.6 Å². The lowest BCUT2D eigenvalue weighted by atomic mass is 9.84. The average molecular weight is 466 g/mol. The lowest BCUT2D eigenvalue weighted by Crippen LogP contribution is -2.59. The van der Waals surface area contributed by atoms with Gasteiger partial charge in [-0.1, -0.05) is 44.2 Å². The summed E-state index contributed by atoms with van der Waals surface area (Å²) in [5.41, 5.74) is 0.791. The number of rotatable bonds is 6. The van der Waals surface area contributed by atoms with E-state index in [0.29, 0.717) is 10.6 Å². The Balaban J connectivity index is 3.13. The third kappa shape index (κ3) is 8.87. The molecule has 0 heterocycles. The van der Waals surface area contributed by atoms with Crippen LogP contribution < -0.4 is 16.1 Å². The monoisotopic (exact) mass is 465 g/mol. The van der Waals surface area contributed by atoms with Gasteiger partial charge in [0.25, 0.3) is 5.91 Å². The summed E-state index contributed by atoms with van der Waals surface area (Å²) in [7, 11) is 0. The minimum absolute atomic E-state index is 0.194. The quantitative estimate of drug-likeness (QED) is 0.249. The van der Waals surface area contributed by atoms with Crippen LogP contribution in [0.3, 0.4) is 0 Å². The van der Waals surface area contributed by atoms with E-state index >= 15 is 0 Å². The fourth-order valence-corrected chi connectivity index (χ4v) is 2.89. The average Bonchev–Trinajstić information content (AvgIpc) is 2.67. The van der Waals surface area contributed by atoms with E-state index in [-0.39, 0.29) is 6.42 Å². The number of carbonyl (C=O) groups excluding carboxylic acids is 3. The van der Waals surface area contributed by atoms with Gasteiger partial charge in [-0.25, -0.2) is 5.48 Å². The SMILES string of the molecule is CC(C)(C)NC(=O)C(NC(=O)C(CC#Cc1ccc(Cl)cc1)C(O)C(=O)NO)C(C)(C)C. The molecule has 0 saturated carbocycles. The summed E-state index contributed by atoms with van der Waals surface area (Å²) in [5, 5.41) is 25.2. The number of benzene rings is 1. The predicted octanol–water partition coefficient (Wildman–Crippen LogP) is 2.01. The van der Waals surface area contributed by atoms with Crippen LogP contribution in [-0.4, -0.2) is 45.7 Å². The summed E-state index contributed by atoms with van der Waals surface area (Å²) in [5.74, 6) is 1.99. The van der Waals surface area contributed by atoms with Gasteiger partial charge in [0.2, 0.25) is 11.8 Å². The number of amides is 3. The van der Waals surface area contributed by atoms with Crippen molar-refractivity contribution in [3.63, 3.8) is 0 Å². The molecule has 0 radical (unpaired) electrons. The molecule has 0 aliphatic rings. The predicted molar refractivity (Wildman–Crippen MR) is 122 cm³/mol. The molecule has 0 saturated heterocycles. The second-order valence-corrected chi connectivity index (χ2v) is 10.0. The first-order valence-electron chi connectivity index (χ1n) is 10.1. The summed E-state index contributed by atoms with van der Waals surface area (Å²) in [6.07, 6.45) is -2.06. The van der Waals surface area contributed by atoms with Crippen molar-refractivity contribution in [2.45, 2.75) is 65.6 Å². The van der Waals surface area contributed by atoms with E-state index in [0.717, 1.165) is 0 Å². The smallest absolute Gasteiger partial charge is 0.273 e. The summed E-state index contributed by atoms with van der Waals surface area (Å²) >= 11 is 5.85. The van der Waals surface area contributed by atoms with E-state index in [1.54, 1.807) is 45.0 Å². The van der Waals surface area contributed by atoms with E-state index in [2.05, 4.69) is 22.5 Å². The van der Waals surface area contributed by atoms with Crippen molar-refractivity contribution in [3.8, 4) is 11.8 Å². The maximum Gasteiger partial charge on any atom is 0.273 e. The van der Waals surface area contributed by atoms with Crippen molar-refractivity contribution in [1.29, 1.82) is 0 Å². The Hall–Kier alpha value is -2.60. The Morgan fingerprint density at radius 2 is 1.56 bits per heavy atom. The zero-order valence-corrected chi connectivity index (χ0v) is 20.0. The van der Waals surface area contributed by atoms with E-state index < -0.39 is 46.7 Å². The molecular weight excluding hydrogens is 434 g/mol. The Bertz CT molecular complexity index is 876. The second-order valence-electron chi connectivity index (χ2n) is 9.59. The van der Waals surface area contributed by atoms with Gasteiger partial charge in [-0.05, 0) is 50.5 Å². The van der Waals surface area contributed by atoms with Gasteiger partial charge in [-0.15, -0.1) is 0 Å². The van der Waals surface area contributed by atoms with E-state index in [1.807, 2.05) is 20.8 Å². The Labute approximate surface area is 194 Å². The zero-order valence-electron chi connectivity index (χ0n) is 19.2. The summed E-state index contributed by atoms with van der Waals surface area (Å²) in [6.45, 7) is 10.8. The highest BCUT2D eigenvalue weighted by atomic mass is 35.5. The van der Waals surface area contributed by atoms with Crippen LogP contribution in [-0.2, 0) is 14.4 Å². The van der Waals surface area contributed by atoms with Crippen LogP contribution in [0, 0.1) is 23.2 Å². The normalized spacial score (nSPS) is 14.3. The van der Waals surface area contributed by atoms with E-state index in [9.17, 15) is 19.5 Å². The molecule has 3 atom stereocenters. The minimum Gasteiger partial charge on any atom is -0.382 e. The number of aliphatic hydroxyl groups is 1. The number of carbonyl (C=O) groups is 3. The molecule has 0 spiro atoms. The van der Waals surface area contributed by atoms with Crippen LogP contribution in [0.1, 0.15) is 53.5 Å². The first-order valence-corrected chi connectivity index (χ1v) is 10.5. The molecule has 9 heteroatoms. The molecule has 0 aliphatic heterocycles. The molecule has 1 aromatic rings. The number of nitrogens with one attached hydrogen (secondary N) is 3. The minimum atomic E-state index is -1.87. The lowest BCUT2D eigenvalue weighted by Gasteiger charge is -2.34. The van der Waals surface area contributed by atoms with Gasteiger partial charge >= 0.3 is 0 Å². The van der Waals surface area contributed by atoms with Gasteiger partial charge in [-0.2, -0.15) is 0 Å². The largest absolute Gasteiger partial charge is 0.382 e. The Kier molecular flexibility index (Phi) is 9.70. The Morgan fingerprint density at radius 1 is 1.00 bits per heavy atom. The molecule has 1 rings (SSSR count). The molecule has 3 unspecified atom stereocenters. The highest BCUT2D eigenvalue weighted by Gasteiger charge is 2.38. The molecule has 0 aliphatic carbocycles. The molecule has 0 fully saturated rings. The third-order valence-corrected chi connectivity index (χ3v) is 4.66. The van der Waals surface area contributed by atoms with Crippen LogP contribution in [0.4, 0.5) is 0 Å². The number of hydrogen-bond acceptors (Lipinski definition) is 5. The first-order chi connectivity index (χ1) is 14.7. The second kappa shape index (κ2) is 11.3. The van der Waals surface area contributed by atoms with Crippen molar-refractivity contribution < 1.29 is 24.7 Å². The van der Waals surface area contributed by atoms with Gasteiger partial charge in [0, 0.05) is 22.5 Å². The van der Waals surface area contributed by atoms with Crippen molar-refractivity contribution >= 4 is 29.3 Å². The third-order valence-electron chi connectivity index (χ3n) is 4.41. The summed E-state index contributed by atoms with van der Waals surface area (Å²) in [4.78, 5) is 37.6. The fourth-order valence-electron chi connectivity index (χ4n) is 2.76. The van der Waals surface area contributed by atoms with E-state index in [1.165, 1.54) is 5.48 Å². The molecule has 1 aromatic carbocycles. The highest BCUT2D eigenvalue weighted by Crippen LogP contribution is 2.22. The molecule has 32 heavy (non-hydrogen) atoms. The first kappa shape index (κ1) is 27.4. The maximum absolute atomic E-state index is 13.0. The van der Waals surface area contributed by atoms with Gasteiger partial charge in [0.1, 0.15) is 12.1 Å². The van der Waals surface area contributed by atoms with Crippen LogP contribution in [0.15, 0.2) is 24.3 Å². The molecule has 8 nitrogen and oxygen atoms in total. The maximum atomic E-state index is 13.0. The van der Waals surface area contributed by atoms with Crippen molar-refractivity contribution in [1.82, 2.24) is 16.1 Å². The standard InChI is InChI=1S/C23H32ClN3O5/c1-22(2,3)18(21(31)26-23(4,5)6)25-19(29)16(17(28)20(30)27-32)9-7-8-14-10-12-15(24)13-11-14/h10-13,16-18,28,32H,9H2,1-6H3,(H,25,29)(H,26,31)(H,27,30). The van der Waals surface area contributed by atoms with Gasteiger partial charge in [0.05, 0.1) is 5.92 Å². The zero-order chi connectivity index (χ0) is 24.7. The summed E-state index contributed by atoms with van der Waals surface area (Å²) in [6, 6.07) is 5.75. The van der Waals surface area contributed by atoms with Crippen molar-refractivity contribution in [2.24, 2.45) is 11.3 Å². The number of aliphatic hydroxyl groups excluding tert-OH is 1. The van der Waals surface area contributed by atoms with Crippen LogP contribution in [0.25, 0.3) is 0 Å². The number of hydrogen-bond donors (Lipinski definition) is 5. The fraction of sp³-hybridized carbons (Fsp3) is 0.522. The summed E-state index contributed by atoms with van der Waals surface area (Å²) < 4.78 is 0. The van der Waals surface area contributed by atoms with E-state index in [4.69, 9.17) is 16.8 Å². The molecule has 3 amide bonds. The van der Waals surface area contributed by atoms with Gasteiger partial charge in [0.15, 0.2) is 0 Å². The highest BCUT2D eigenvalue weighted by molar-refractivity contribution is 6.30. The van der Waals surface area contributed by atoms with Crippen LogP contribution >= 0.6 is 11.6 Å². The molecule has 5 N–H and O–H groups in total. The van der Waals surface area contributed by atoms with Crippen molar-refractivity contribution in [3.05, 3.63) is 34.9 Å². The number of halogens is 1. The molecule has 176 valence electrons. The topological polar surface area (TPSA) is 128 Å². The lowest BCUT2D eigenvalue weighted by molar-refractivity contribution is -0.147.